The zero-order valence-corrected chi connectivity index (χ0v) is 18.2. The number of nitrogens with one attached hydrogen (secondary N) is 1. The Hall–Kier alpha value is -1.86. The lowest BCUT2D eigenvalue weighted by Gasteiger charge is -2.27. The first-order valence-electron chi connectivity index (χ1n) is 10.8. The predicted molar refractivity (Wildman–Crippen MR) is 120 cm³/mol. The van der Waals surface area contributed by atoms with Crippen LogP contribution in [0.2, 0.25) is 0 Å². The maximum Gasteiger partial charge on any atom is 0.252 e. The summed E-state index contributed by atoms with van der Waals surface area (Å²) in [4.78, 5) is 16.4. The quantitative estimate of drug-likeness (QED) is 0.652. The van der Waals surface area contributed by atoms with Crippen LogP contribution in [0.3, 0.4) is 0 Å². The van der Waals surface area contributed by atoms with Gasteiger partial charge >= 0.3 is 0 Å². The fraction of sp³-hybridized carbons (Fsp3) is 0.458. The highest BCUT2D eigenvalue weighted by atomic mass is 32.2. The normalized spacial score (nSPS) is 19.7. The second kappa shape index (κ2) is 11.0. The van der Waals surface area contributed by atoms with Crippen molar-refractivity contribution < 1.29 is 14.3 Å². The molecule has 6 heteroatoms. The van der Waals surface area contributed by atoms with Gasteiger partial charge in [0.2, 0.25) is 0 Å². The molecule has 0 saturated carbocycles. The largest absolute Gasteiger partial charge is 0.379 e. The highest BCUT2D eigenvalue weighted by Crippen LogP contribution is 2.27. The van der Waals surface area contributed by atoms with Crippen LogP contribution in [-0.4, -0.2) is 55.6 Å². The summed E-state index contributed by atoms with van der Waals surface area (Å²) < 4.78 is 11.2. The van der Waals surface area contributed by atoms with Gasteiger partial charge in [0.05, 0.1) is 24.9 Å². The Morgan fingerprint density at radius 2 is 1.80 bits per heavy atom. The first kappa shape index (κ1) is 21.4. The van der Waals surface area contributed by atoms with Gasteiger partial charge in [-0.15, -0.1) is 11.8 Å². The lowest BCUT2D eigenvalue weighted by atomic mass is 10.1. The number of carbonyl (C=O) groups excluding carboxylic acids is 1. The van der Waals surface area contributed by atoms with Crippen LogP contribution in [0.1, 0.15) is 34.3 Å². The molecule has 0 unspecified atom stereocenters. The van der Waals surface area contributed by atoms with Gasteiger partial charge in [-0.05, 0) is 36.1 Å². The van der Waals surface area contributed by atoms with Crippen LogP contribution in [0.5, 0.6) is 0 Å². The molecule has 30 heavy (non-hydrogen) atoms. The number of carbonyl (C=O) groups is 1. The molecule has 1 N–H and O–H groups in total. The van der Waals surface area contributed by atoms with Crippen molar-refractivity contribution in [1.29, 1.82) is 0 Å². The van der Waals surface area contributed by atoms with Gasteiger partial charge in [-0.1, -0.05) is 36.4 Å². The summed E-state index contributed by atoms with van der Waals surface area (Å²) in [6, 6.07) is 16.2. The van der Waals surface area contributed by atoms with Crippen LogP contribution in [0.4, 0.5) is 0 Å². The lowest BCUT2D eigenvalue weighted by molar-refractivity contribution is 0.0340. The second-order valence-electron chi connectivity index (χ2n) is 7.78. The Morgan fingerprint density at radius 3 is 2.60 bits per heavy atom. The highest BCUT2D eigenvalue weighted by Gasteiger charge is 2.18. The number of hydrogen-bond donors (Lipinski definition) is 1. The summed E-state index contributed by atoms with van der Waals surface area (Å²) >= 11 is 1.72. The van der Waals surface area contributed by atoms with E-state index in [-0.39, 0.29) is 5.91 Å². The maximum absolute atomic E-state index is 13.0. The molecule has 1 atom stereocenters. The lowest BCUT2D eigenvalue weighted by Crippen LogP contribution is -2.36. The van der Waals surface area contributed by atoms with Gasteiger partial charge in [0.15, 0.2) is 0 Å². The molecule has 4 rings (SSSR count). The van der Waals surface area contributed by atoms with Crippen molar-refractivity contribution in [3.05, 3.63) is 65.2 Å². The van der Waals surface area contributed by atoms with Crippen LogP contribution < -0.4 is 5.32 Å². The molecule has 160 valence electrons. The molecule has 0 aliphatic carbocycles. The highest BCUT2D eigenvalue weighted by molar-refractivity contribution is 7.99. The number of hydrogen-bond acceptors (Lipinski definition) is 5. The van der Waals surface area contributed by atoms with Crippen molar-refractivity contribution in [2.45, 2.75) is 36.9 Å². The van der Waals surface area contributed by atoms with E-state index in [9.17, 15) is 4.79 Å². The third kappa shape index (κ3) is 5.85. The molecule has 2 aliphatic rings. The van der Waals surface area contributed by atoms with Crippen molar-refractivity contribution >= 4 is 17.7 Å². The minimum absolute atomic E-state index is 0.0217. The Kier molecular flexibility index (Phi) is 7.81. The van der Waals surface area contributed by atoms with Crippen molar-refractivity contribution in [2.75, 3.05) is 38.7 Å². The van der Waals surface area contributed by atoms with Crippen LogP contribution >= 0.6 is 11.8 Å². The molecule has 2 fully saturated rings. The first-order valence-corrected chi connectivity index (χ1v) is 11.8. The molecule has 0 aromatic heterocycles. The van der Waals surface area contributed by atoms with E-state index < -0.39 is 0 Å². The molecule has 2 heterocycles. The van der Waals surface area contributed by atoms with Crippen molar-refractivity contribution in [1.82, 2.24) is 10.2 Å². The number of morpholine rings is 1. The molecular weight excluding hydrogens is 396 g/mol. The van der Waals surface area contributed by atoms with Gasteiger partial charge in [0, 0.05) is 43.4 Å². The average molecular weight is 427 g/mol. The van der Waals surface area contributed by atoms with Crippen molar-refractivity contribution in [3.8, 4) is 0 Å². The van der Waals surface area contributed by atoms with E-state index in [1.54, 1.807) is 11.8 Å². The van der Waals surface area contributed by atoms with Crippen LogP contribution in [0, 0.1) is 0 Å². The van der Waals surface area contributed by atoms with Gasteiger partial charge in [-0.2, -0.15) is 0 Å². The third-order valence-corrected chi connectivity index (χ3v) is 6.84. The molecule has 0 bridgehead atoms. The Bertz CT molecular complexity index is 833. The summed E-state index contributed by atoms with van der Waals surface area (Å²) in [5, 5.41) is 3.13. The molecule has 2 aromatic carbocycles. The Labute approximate surface area is 183 Å². The SMILES string of the molecule is O=C(NCc1ccccc1CN1CCOCC1)c1ccccc1SC[C@@H]1CCCO1. The maximum atomic E-state index is 13.0. The van der Waals surface area contributed by atoms with E-state index in [2.05, 4.69) is 28.4 Å². The van der Waals surface area contributed by atoms with E-state index >= 15 is 0 Å². The van der Waals surface area contributed by atoms with Gasteiger partial charge < -0.3 is 14.8 Å². The summed E-state index contributed by atoms with van der Waals surface area (Å²) in [6.45, 7) is 5.77. The third-order valence-electron chi connectivity index (χ3n) is 5.64. The Balaban J connectivity index is 1.37. The van der Waals surface area contributed by atoms with Gasteiger partial charge in [-0.3, -0.25) is 9.69 Å². The fourth-order valence-electron chi connectivity index (χ4n) is 3.89. The summed E-state index contributed by atoms with van der Waals surface area (Å²) in [7, 11) is 0. The zero-order chi connectivity index (χ0) is 20.6. The summed E-state index contributed by atoms with van der Waals surface area (Å²) in [6.07, 6.45) is 2.55. The molecule has 1 amide bonds. The second-order valence-corrected chi connectivity index (χ2v) is 8.84. The molecule has 2 aliphatic heterocycles. The van der Waals surface area contributed by atoms with Crippen molar-refractivity contribution in [3.63, 3.8) is 0 Å². The van der Waals surface area contributed by atoms with Crippen LogP contribution in [0.15, 0.2) is 53.4 Å². The predicted octanol–water partition coefficient (Wildman–Crippen LogP) is 3.72. The number of thioether (sulfide) groups is 1. The number of ether oxygens (including phenoxy) is 2. The van der Waals surface area contributed by atoms with Crippen molar-refractivity contribution in [2.24, 2.45) is 0 Å². The number of benzene rings is 2. The van der Waals surface area contributed by atoms with E-state index in [0.717, 1.165) is 68.5 Å². The van der Waals surface area contributed by atoms with E-state index in [1.807, 2.05) is 30.3 Å². The smallest absolute Gasteiger partial charge is 0.252 e. The van der Waals surface area contributed by atoms with Crippen LogP contribution in [0.25, 0.3) is 0 Å². The average Bonchev–Trinajstić information content (AvgIpc) is 3.31. The first-order chi connectivity index (χ1) is 14.8. The minimum Gasteiger partial charge on any atom is -0.379 e. The Morgan fingerprint density at radius 1 is 1.03 bits per heavy atom. The summed E-state index contributed by atoms with van der Waals surface area (Å²) in [5.74, 6) is 0.874. The van der Waals surface area contributed by atoms with E-state index in [1.165, 1.54) is 11.1 Å². The minimum atomic E-state index is -0.0217. The topological polar surface area (TPSA) is 50.8 Å². The number of amides is 1. The summed E-state index contributed by atoms with van der Waals surface area (Å²) in [5.41, 5.74) is 3.17. The molecule has 2 aromatic rings. The number of rotatable bonds is 8. The molecule has 0 radical (unpaired) electrons. The van der Waals surface area contributed by atoms with E-state index in [0.29, 0.717) is 12.6 Å². The zero-order valence-electron chi connectivity index (χ0n) is 17.3. The molecule has 2 saturated heterocycles. The van der Waals surface area contributed by atoms with Gasteiger partial charge in [-0.25, -0.2) is 0 Å². The van der Waals surface area contributed by atoms with E-state index in [4.69, 9.17) is 9.47 Å². The van der Waals surface area contributed by atoms with Crippen LogP contribution in [-0.2, 0) is 22.6 Å². The standard InChI is InChI=1S/C24H30N2O3S/c27-24(22-9-3-4-10-23(22)30-18-21-8-5-13-29-21)25-16-19-6-1-2-7-20(19)17-26-11-14-28-15-12-26/h1-4,6-7,9-10,21H,5,8,11-18H2,(H,25,27)/t21-/m0/s1. The molecular formula is C24H30N2O3S. The van der Waals surface area contributed by atoms with Gasteiger partial charge in [0.1, 0.15) is 0 Å². The number of nitrogens with zero attached hydrogens (tertiary/aromatic N) is 1. The molecule has 5 nitrogen and oxygen atoms in total. The fourth-order valence-corrected chi connectivity index (χ4v) is 5.01. The monoisotopic (exact) mass is 426 g/mol. The molecule has 0 spiro atoms. The van der Waals surface area contributed by atoms with Gasteiger partial charge in [0.25, 0.3) is 5.91 Å².